The van der Waals surface area contributed by atoms with E-state index >= 15 is 0 Å². The summed E-state index contributed by atoms with van der Waals surface area (Å²) < 4.78 is 6.92. The average Bonchev–Trinajstić information content (AvgIpc) is 2.77. The third-order valence-electron chi connectivity index (χ3n) is 2.92. The van der Waals surface area contributed by atoms with Gasteiger partial charge in [-0.2, -0.15) is 0 Å². The van der Waals surface area contributed by atoms with Gasteiger partial charge in [0, 0.05) is 6.07 Å². The molecule has 0 atom stereocenters. The van der Waals surface area contributed by atoms with Gasteiger partial charge in [0.1, 0.15) is 17.2 Å². The topological polar surface area (TPSA) is 62.3 Å². The van der Waals surface area contributed by atoms with E-state index in [1.807, 2.05) is 24.3 Å². The molecular weight excluding hydrogens is 298 g/mol. The van der Waals surface area contributed by atoms with Crippen molar-refractivity contribution in [3.05, 3.63) is 73.6 Å². The summed E-state index contributed by atoms with van der Waals surface area (Å²) in [5, 5.41) is 9.44. The van der Waals surface area contributed by atoms with Crippen LogP contribution in [0.3, 0.4) is 0 Å². The van der Waals surface area contributed by atoms with Gasteiger partial charge in [0.25, 0.3) is 5.56 Å². The first-order chi connectivity index (χ1) is 10.6. The highest BCUT2D eigenvalue weighted by atomic mass is 32.1. The number of aromatic hydroxyl groups is 1. The second kappa shape index (κ2) is 5.91. The highest BCUT2D eigenvalue weighted by Gasteiger charge is 2.00. The maximum Gasteiger partial charge on any atom is 0.266 e. The summed E-state index contributed by atoms with van der Waals surface area (Å²) in [7, 11) is 0. The van der Waals surface area contributed by atoms with Gasteiger partial charge >= 0.3 is 0 Å². The van der Waals surface area contributed by atoms with Crippen LogP contribution in [0.5, 0.6) is 17.2 Å². The van der Waals surface area contributed by atoms with E-state index in [1.165, 1.54) is 17.4 Å². The van der Waals surface area contributed by atoms with Crippen molar-refractivity contribution >= 4 is 24.0 Å². The fraction of sp³-hybridized carbons (Fsp3) is 0. The number of hydrogen-bond donors (Lipinski definition) is 2. The van der Waals surface area contributed by atoms with E-state index < -0.39 is 0 Å². The number of hydrogen-bond acceptors (Lipinski definition) is 4. The van der Waals surface area contributed by atoms with Crippen LogP contribution in [-0.2, 0) is 0 Å². The van der Waals surface area contributed by atoms with E-state index in [4.69, 9.17) is 4.74 Å². The Morgan fingerprint density at radius 3 is 2.55 bits per heavy atom. The Balaban J connectivity index is 1.93. The Labute approximate surface area is 130 Å². The summed E-state index contributed by atoms with van der Waals surface area (Å²) in [4.78, 5) is 14.3. The number of rotatable bonds is 3. The normalized spacial score (nSPS) is 11.5. The number of ether oxygens (including phenoxy) is 1. The van der Waals surface area contributed by atoms with Gasteiger partial charge in [-0.3, -0.25) is 4.79 Å². The zero-order valence-corrected chi connectivity index (χ0v) is 12.4. The minimum absolute atomic E-state index is 0.144. The SMILES string of the molecule is C=c1[nH]c(=O)/c(=C/c2cccc(Oc3cccc(O)c3)c2)s1. The molecule has 0 saturated carbocycles. The monoisotopic (exact) mass is 311 g/mol. The third kappa shape index (κ3) is 3.27. The Morgan fingerprint density at radius 2 is 1.86 bits per heavy atom. The Bertz CT molecular complexity index is 972. The predicted octanol–water partition coefficient (Wildman–Crippen LogP) is 2.17. The highest BCUT2D eigenvalue weighted by molar-refractivity contribution is 7.07. The number of phenols is 1. The molecule has 0 radical (unpaired) electrons. The van der Waals surface area contributed by atoms with Crippen LogP contribution in [0.2, 0.25) is 0 Å². The first kappa shape index (κ1) is 14.2. The van der Waals surface area contributed by atoms with Crippen molar-refractivity contribution in [2.24, 2.45) is 0 Å². The zero-order valence-electron chi connectivity index (χ0n) is 11.6. The van der Waals surface area contributed by atoms with Crippen LogP contribution in [0, 0.1) is 0 Å². The molecule has 2 aromatic carbocycles. The van der Waals surface area contributed by atoms with Crippen molar-refractivity contribution in [3.8, 4) is 17.2 Å². The summed E-state index contributed by atoms with van der Waals surface area (Å²) in [6.45, 7) is 3.72. The number of aromatic amines is 1. The molecule has 5 heteroatoms. The summed E-state index contributed by atoms with van der Waals surface area (Å²) in [6.07, 6.45) is 1.79. The minimum atomic E-state index is -0.144. The number of nitrogens with one attached hydrogen (secondary N) is 1. The van der Waals surface area contributed by atoms with Crippen molar-refractivity contribution < 1.29 is 9.84 Å². The number of phenolic OH excluding ortho intramolecular Hbond substituents is 1. The van der Waals surface area contributed by atoms with Crippen molar-refractivity contribution in [1.82, 2.24) is 4.98 Å². The molecule has 0 aliphatic heterocycles. The molecule has 0 aliphatic rings. The van der Waals surface area contributed by atoms with Crippen molar-refractivity contribution in [1.29, 1.82) is 0 Å². The van der Waals surface area contributed by atoms with Crippen molar-refractivity contribution in [3.63, 3.8) is 0 Å². The fourth-order valence-electron chi connectivity index (χ4n) is 1.99. The van der Waals surface area contributed by atoms with Gasteiger partial charge in [-0.05, 0) is 35.9 Å². The highest BCUT2D eigenvalue weighted by Crippen LogP contribution is 2.25. The molecule has 2 N–H and O–H groups in total. The largest absolute Gasteiger partial charge is 0.508 e. The van der Waals surface area contributed by atoms with Crippen LogP contribution in [-0.4, -0.2) is 10.1 Å². The Hall–Kier alpha value is -2.79. The van der Waals surface area contributed by atoms with Gasteiger partial charge < -0.3 is 14.8 Å². The van der Waals surface area contributed by atoms with Crippen molar-refractivity contribution in [2.75, 3.05) is 0 Å². The third-order valence-corrected chi connectivity index (χ3v) is 3.79. The molecule has 1 aromatic heterocycles. The van der Waals surface area contributed by atoms with Gasteiger partial charge in [-0.1, -0.05) is 24.8 Å². The molecule has 3 aromatic rings. The second-order valence-corrected chi connectivity index (χ2v) is 5.80. The zero-order chi connectivity index (χ0) is 15.5. The van der Waals surface area contributed by atoms with E-state index in [2.05, 4.69) is 11.6 Å². The van der Waals surface area contributed by atoms with Gasteiger partial charge in [-0.15, -0.1) is 11.3 Å². The summed E-state index contributed by atoms with van der Waals surface area (Å²) in [5.41, 5.74) is 0.708. The van der Waals surface area contributed by atoms with Crippen LogP contribution in [0.1, 0.15) is 5.56 Å². The van der Waals surface area contributed by atoms with Crippen molar-refractivity contribution in [2.45, 2.75) is 0 Å². The summed E-state index contributed by atoms with van der Waals surface area (Å²) in [5.74, 6) is 1.32. The summed E-state index contributed by atoms with van der Waals surface area (Å²) in [6, 6.07) is 14.0. The molecule has 0 unspecified atom stereocenters. The Kier molecular flexibility index (Phi) is 3.80. The van der Waals surface area contributed by atoms with E-state index in [1.54, 1.807) is 24.3 Å². The molecule has 110 valence electrons. The molecule has 22 heavy (non-hydrogen) atoms. The molecule has 1 heterocycles. The van der Waals surface area contributed by atoms with Crippen LogP contribution in [0.4, 0.5) is 0 Å². The average molecular weight is 311 g/mol. The lowest BCUT2D eigenvalue weighted by Crippen LogP contribution is -2.19. The van der Waals surface area contributed by atoms with E-state index in [-0.39, 0.29) is 11.3 Å². The maximum atomic E-state index is 11.7. The molecule has 3 rings (SSSR count). The molecule has 0 saturated heterocycles. The lowest BCUT2D eigenvalue weighted by Gasteiger charge is -2.06. The number of benzene rings is 2. The number of aromatic nitrogens is 1. The smallest absolute Gasteiger partial charge is 0.266 e. The summed E-state index contributed by atoms with van der Waals surface area (Å²) >= 11 is 1.31. The standard InChI is InChI=1S/C17H13NO3S/c1-11-18-17(20)16(22-11)9-12-4-2-6-14(8-12)21-15-7-3-5-13(19)10-15/h2-10,19H,1H2,(H,18,20)/b16-9-. The lowest BCUT2D eigenvalue weighted by atomic mass is 10.2. The first-order valence-corrected chi connectivity index (χ1v) is 7.38. The van der Waals surface area contributed by atoms with Crippen LogP contribution in [0.25, 0.3) is 12.7 Å². The van der Waals surface area contributed by atoms with Gasteiger partial charge in [0.05, 0.1) is 9.20 Å². The maximum absolute atomic E-state index is 11.7. The number of H-pyrrole nitrogens is 1. The fourth-order valence-corrected chi connectivity index (χ4v) is 2.74. The predicted molar refractivity (Wildman–Crippen MR) is 87.9 cm³/mol. The molecule has 0 spiro atoms. The number of thiazole rings is 1. The van der Waals surface area contributed by atoms with Gasteiger partial charge in [0.2, 0.25) is 0 Å². The Morgan fingerprint density at radius 1 is 1.14 bits per heavy atom. The van der Waals surface area contributed by atoms with Crippen LogP contribution in [0.15, 0.2) is 53.3 Å². The van der Waals surface area contributed by atoms with E-state index in [9.17, 15) is 9.90 Å². The van der Waals surface area contributed by atoms with E-state index in [0.717, 1.165) is 5.56 Å². The molecule has 0 aliphatic carbocycles. The molecule has 0 bridgehead atoms. The second-order valence-electron chi connectivity index (χ2n) is 4.66. The van der Waals surface area contributed by atoms with Gasteiger partial charge in [0.15, 0.2) is 0 Å². The quantitative estimate of drug-likeness (QED) is 0.779. The molecule has 4 nitrogen and oxygen atoms in total. The minimum Gasteiger partial charge on any atom is -0.508 e. The first-order valence-electron chi connectivity index (χ1n) is 6.57. The molecule has 0 amide bonds. The van der Waals surface area contributed by atoms with Crippen LogP contribution < -0.4 is 19.5 Å². The lowest BCUT2D eigenvalue weighted by molar-refractivity contribution is 0.455. The molecular formula is C17H13NO3S. The molecule has 0 fully saturated rings. The van der Waals surface area contributed by atoms with E-state index in [0.29, 0.717) is 20.7 Å². The van der Waals surface area contributed by atoms with Gasteiger partial charge in [-0.25, -0.2) is 0 Å². The van der Waals surface area contributed by atoms with Crippen LogP contribution >= 0.6 is 11.3 Å².